The van der Waals surface area contributed by atoms with Crippen molar-refractivity contribution in [1.29, 1.82) is 0 Å². The lowest BCUT2D eigenvalue weighted by atomic mass is 10.1. The standard InChI is InChI=1S/C12H19FN2O3S/c1-10(11-4-6-12(13)7-5-11)14-19(17,18)15(2)8-3-9-16/h4-7,10,14,16H,3,8-9H2,1-2H3. The van der Waals surface area contributed by atoms with Crippen molar-refractivity contribution in [2.45, 2.75) is 19.4 Å². The van der Waals surface area contributed by atoms with E-state index in [4.69, 9.17) is 5.11 Å². The Balaban J connectivity index is 2.69. The number of hydrogen-bond donors (Lipinski definition) is 2. The van der Waals surface area contributed by atoms with Crippen LogP contribution in [0.1, 0.15) is 24.9 Å². The molecule has 1 atom stereocenters. The zero-order valence-electron chi connectivity index (χ0n) is 11.0. The van der Waals surface area contributed by atoms with Crippen LogP contribution < -0.4 is 4.72 Å². The van der Waals surface area contributed by atoms with Gasteiger partial charge in [-0.15, -0.1) is 0 Å². The number of nitrogens with one attached hydrogen (secondary N) is 1. The van der Waals surface area contributed by atoms with Crippen LogP contribution in [0.2, 0.25) is 0 Å². The van der Waals surface area contributed by atoms with Gasteiger partial charge in [-0.1, -0.05) is 12.1 Å². The summed E-state index contributed by atoms with van der Waals surface area (Å²) in [5.74, 6) is -0.362. The molecular formula is C12H19FN2O3S. The van der Waals surface area contributed by atoms with Crippen LogP contribution in [0.15, 0.2) is 24.3 Å². The molecule has 0 spiro atoms. The zero-order valence-corrected chi connectivity index (χ0v) is 11.8. The summed E-state index contributed by atoms with van der Waals surface area (Å²) in [5.41, 5.74) is 0.681. The Hall–Kier alpha value is -1.02. The maximum atomic E-state index is 12.8. The van der Waals surface area contributed by atoms with Gasteiger partial charge in [-0.2, -0.15) is 17.4 Å². The lowest BCUT2D eigenvalue weighted by Gasteiger charge is -2.21. The molecule has 2 N–H and O–H groups in total. The van der Waals surface area contributed by atoms with Gasteiger partial charge < -0.3 is 5.11 Å². The Kier molecular flexibility index (Phi) is 5.86. The monoisotopic (exact) mass is 290 g/mol. The van der Waals surface area contributed by atoms with Crippen LogP contribution in [-0.4, -0.2) is 38.0 Å². The highest BCUT2D eigenvalue weighted by Crippen LogP contribution is 2.14. The number of nitrogens with zero attached hydrogens (tertiary/aromatic N) is 1. The van der Waals surface area contributed by atoms with Crippen LogP contribution in [0, 0.1) is 5.82 Å². The third-order valence-corrected chi connectivity index (χ3v) is 4.39. The Morgan fingerprint density at radius 3 is 2.47 bits per heavy atom. The lowest BCUT2D eigenvalue weighted by molar-refractivity contribution is 0.275. The fourth-order valence-corrected chi connectivity index (χ4v) is 2.68. The van der Waals surface area contributed by atoms with Crippen molar-refractivity contribution in [3.05, 3.63) is 35.6 Å². The van der Waals surface area contributed by atoms with E-state index in [2.05, 4.69) is 4.72 Å². The average Bonchev–Trinajstić information content (AvgIpc) is 2.36. The molecule has 0 saturated carbocycles. The van der Waals surface area contributed by atoms with Gasteiger partial charge >= 0.3 is 0 Å². The van der Waals surface area contributed by atoms with E-state index in [1.165, 1.54) is 31.3 Å². The summed E-state index contributed by atoms with van der Waals surface area (Å²) in [6.45, 7) is 1.86. The molecule has 1 unspecified atom stereocenters. The summed E-state index contributed by atoms with van der Waals surface area (Å²) in [5, 5.41) is 8.69. The largest absolute Gasteiger partial charge is 0.396 e. The van der Waals surface area contributed by atoms with Crippen molar-refractivity contribution in [3.8, 4) is 0 Å². The first-order chi connectivity index (χ1) is 8.86. The number of aliphatic hydroxyl groups is 1. The van der Waals surface area contributed by atoms with Crippen LogP contribution in [0.4, 0.5) is 4.39 Å². The molecule has 0 fully saturated rings. The predicted octanol–water partition coefficient (Wildman–Crippen LogP) is 1.04. The van der Waals surface area contributed by atoms with E-state index in [-0.39, 0.29) is 19.0 Å². The lowest BCUT2D eigenvalue weighted by Crippen LogP contribution is -2.40. The summed E-state index contributed by atoms with van der Waals surface area (Å²) in [6.07, 6.45) is 0.377. The van der Waals surface area contributed by atoms with E-state index in [0.717, 1.165) is 4.31 Å². The molecule has 0 aliphatic rings. The molecule has 0 aliphatic carbocycles. The van der Waals surface area contributed by atoms with E-state index in [9.17, 15) is 12.8 Å². The van der Waals surface area contributed by atoms with Gasteiger partial charge in [-0.3, -0.25) is 0 Å². The van der Waals surface area contributed by atoms with E-state index >= 15 is 0 Å². The van der Waals surface area contributed by atoms with E-state index in [1.54, 1.807) is 6.92 Å². The third-order valence-electron chi connectivity index (χ3n) is 2.74. The van der Waals surface area contributed by atoms with Crippen molar-refractivity contribution in [2.75, 3.05) is 20.2 Å². The highest BCUT2D eigenvalue weighted by Gasteiger charge is 2.20. The molecule has 19 heavy (non-hydrogen) atoms. The highest BCUT2D eigenvalue weighted by atomic mass is 32.2. The van der Waals surface area contributed by atoms with E-state index in [1.807, 2.05) is 0 Å². The zero-order chi connectivity index (χ0) is 14.5. The number of rotatable bonds is 7. The van der Waals surface area contributed by atoms with Gasteiger partial charge in [0, 0.05) is 26.2 Å². The summed E-state index contributed by atoms with van der Waals surface area (Å²) in [7, 11) is -2.17. The van der Waals surface area contributed by atoms with Gasteiger partial charge in [-0.05, 0) is 31.0 Å². The van der Waals surface area contributed by atoms with Crippen molar-refractivity contribution < 1.29 is 17.9 Å². The minimum Gasteiger partial charge on any atom is -0.396 e. The fourth-order valence-electron chi connectivity index (χ4n) is 1.55. The normalized spacial score (nSPS) is 13.7. The van der Waals surface area contributed by atoms with Gasteiger partial charge in [0.2, 0.25) is 0 Å². The Labute approximate surface area is 113 Å². The Morgan fingerprint density at radius 2 is 1.95 bits per heavy atom. The second-order valence-electron chi connectivity index (χ2n) is 4.29. The Morgan fingerprint density at radius 1 is 1.37 bits per heavy atom. The molecular weight excluding hydrogens is 271 g/mol. The van der Waals surface area contributed by atoms with E-state index in [0.29, 0.717) is 12.0 Å². The predicted molar refractivity (Wildman–Crippen MR) is 71.2 cm³/mol. The minimum absolute atomic E-state index is 0.0621. The first-order valence-corrected chi connectivity index (χ1v) is 7.40. The second-order valence-corrected chi connectivity index (χ2v) is 6.10. The van der Waals surface area contributed by atoms with Crippen LogP contribution in [0.25, 0.3) is 0 Å². The summed E-state index contributed by atoms with van der Waals surface area (Å²) >= 11 is 0. The molecule has 7 heteroatoms. The van der Waals surface area contributed by atoms with Crippen LogP contribution in [-0.2, 0) is 10.2 Å². The summed E-state index contributed by atoms with van der Waals surface area (Å²) in [6, 6.07) is 5.19. The van der Waals surface area contributed by atoms with E-state index < -0.39 is 16.3 Å². The number of aliphatic hydroxyl groups excluding tert-OH is 1. The maximum absolute atomic E-state index is 12.8. The van der Waals surface area contributed by atoms with Gasteiger partial charge in [0.25, 0.3) is 10.2 Å². The highest BCUT2D eigenvalue weighted by molar-refractivity contribution is 7.87. The SMILES string of the molecule is CC(NS(=O)(=O)N(C)CCCO)c1ccc(F)cc1. The molecule has 0 amide bonds. The molecule has 1 rings (SSSR count). The van der Waals surface area contributed by atoms with Gasteiger partial charge in [0.1, 0.15) is 5.82 Å². The molecule has 5 nitrogen and oxygen atoms in total. The van der Waals surface area contributed by atoms with Crippen LogP contribution >= 0.6 is 0 Å². The molecule has 0 bridgehead atoms. The van der Waals surface area contributed by atoms with Gasteiger partial charge in [-0.25, -0.2) is 4.39 Å². The molecule has 0 aromatic heterocycles. The molecule has 0 radical (unpaired) electrons. The first-order valence-electron chi connectivity index (χ1n) is 5.96. The van der Waals surface area contributed by atoms with Gasteiger partial charge in [0.05, 0.1) is 0 Å². The number of benzene rings is 1. The number of halogens is 1. The quantitative estimate of drug-likeness (QED) is 0.788. The molecule has 1 aromatic rings. The smallest absolute Gasteiger partial charge is 0.279 e. The topological polar surface area (TPSA) is 69.6 Å². The van der Waals surface area contributed by atoms with Crippen molar-refractivity contribution >= 4 is 10.2 Å². The third kappa shape index (κ3) is 4.87. The minimum atomic E-state index is -3.61. The van der Waals surface area contributed by atoms with Crippen molar-refractivity contribution in [2.24, 2.45) is 0 Å². The Bertz CT molecular complexity index is 490. The van der Waals surface area contributed by atoms with Crippen LogP contribution in [0.5, 0.6) is 0 Å². The molecule has 108 valence electrons. The molecule has 1 aromatic carbocycles. The van der Waals surface area contributed by atoms with Crippen LogP contribution in [0.3, 0.4) is 0 Å². The number of hydrogen-bond acceptors (Lipinski definition) is 3. The van der Waals surface area contributed by atoms with Gasteiger partial charge in [0.15, 0.2) is 0 Å². The summed E-state index contributed by atoms with van der Waals surface area (Å²) < 4.78 is 40.3. The van der Waals surface area contributed by atoms with Crippen molar-refractivity contribution in [1.82, 2.24) is 9.03 Å². The maximum Gasteiger partial charge on any atom is 0.279 e. The fraction of sp³-hybridized carbons (Fsp3) is 0.500. The average molecular weight is 290 g/mol. The second kappa shape index (κ2) is 6.95. The molecule has 0 heterocycles. The molecule has 0 saturated heterocycles. The molecule has 0 aliphatic heterocycles. The van der Waals surface area contributed by atoms with Crippen molar-refractivity contribution in [3.63, 3.8) is 0 Å². The summed E-state index contributed by atoms with van der Waals surface area (Å²) in [4.78, 5) is 0. The first kappa shape index (κ1) is 16.0.